The van der Waals surface area contributed by atoms with Crippen LogP contribution in [0.25, 0.3) is 0 Å². The molecule has 1 heterocycles. The lowest BCUT2D eigenvalue weighted by molar-refractivity contribution is 0.357. The summed E-state index contributed by atoms with van der Waals surface area (Å²) in [6.45, 7) is 2.95. The van der Waals surface area contributed by atoms with Crippen LogP contribution in [0.3, 0.4) is 0 Å². The average molecular weight is 348 g/mol. The van der Waals surface area contributed by atoms with E-state index in [0.29, 0.717) is 0 Å². The Morgan fingerprint density at radius 2 is 2.10 bits per heavy atom. The van der Waals surface area contributed by atoms with Crippen LogP contribution in [-0.4, -0.2) is 13.7 Å². The third-order valence-electron chi connectivity index (χ3n) is 3.75. The van der Waals surface area contributed by atoms with Gasteiger partial charge in [-0.05, 0) is 58.2 Å². The van der Waals surface area contributed by atoms with E-state index in [9.17, 15) is 0 Å². The smallest absolute Gasteiger partial charge is 0.135 e. The van der Waals surface area contributed by atoms with Crippen LogP contribution in [0, 0.1) is 0 Å². The quantitative estimate of drug-likeness (QED) is 0.878. The second-order valence-electron chi connectivity index (χ2n) is 5.18. The second-order valence-corrected chi connectivity index (χ2v) is 6.04. The summed E-state index contributed by atoms with van der Waals surface area (Å²) in [5.41, 5.74) is 3.61. The van der Waals surface area contributed by atoms with Gasteiger partial charge in [-0.1, -0.05) is 6.07 Å². The molecular weight excluding hydrogens is 330 g/mol. The van der Waals surface area contributed by atoms with E-state index in [1.54, 1.807) is 7.11 Å². The number of methoxy groups -OCH3 is 1. The van der Waals surface area contributed by atoms with E-state index in [2.05, 4.69) is 46.4 Å². The van der Waals surface area contributed by atoms with Gasteiger partial charge in [0.2, 0.25) is 0 Å². The molecule has 0 amide bonds. The zero-order chi connectivity index (χ0) is 14.8. The van der Waals surface area contributed by atoms with Crippen LogP contribution in [0.2, 0.25) is 0 Å². The minimum absolute atomic E-state index is 0.224. The molecule has 1 atom stereocenters. The van der Waals surface area contributed by atoms with Crippen molar-refractivity contribution in [2.75, 3.05) is 19.0 Å². The maximum atomic E-state index is 5.55. The average Bonchev–Trinajstić information content (AvgIpc) is 2.96. The van der Waals surface area contributed by atoms with Crippen LogP contribution in [0.15, 0.2) is 40.9 Å². The number of anilines is 1. The first-order valence-electron chi connectivity index (χ1n) is 7.03. The van der Waals surface area contributed by atoms with Gasteiger partial charge in [-0.15, -0.1) is 0 Å². The third-order valence-corrected chi connectivity index (χ3v) is 4.40. The van der Waals surface area contributed by atoms with Crippen molar-refractivity contribution in [1.82, 2.24) is 0 Å². The number of nitrogens with one attached hydrogen (secondary N) is 1. The molecule has 3 rings (SSSR count). The van der Waals surface area contributed by atoms with Crippen LogP contribution >= 0.6 is 15.9 Å². The second kappa shape index (κ2) is 5.98. The summed E-state index contributed by atoms with van der Waals surface area (Å²) < 4.78 is 11.8. The molecule has 110 valence electrons. The number of ether oxygens (including phenoxy) is 2. The third kappa shape index (κ3) is 3.00. The fourth-order valence-corrected chi connectivity index (χ4v) is 2.97. The Kier molecular flexibility index (Phi) is 4.06. The van der Waals surface area contributed by atoms with Crippen LogP contribution in [-0.2, 0) is 6.42 Å². The Balaban J connectivity index is 1.78. The van der Waals surface area contributed by atoms with Gasteiger partial charge in [0.1, 0.15) is 11.5 Å². The van der Waals surface area contributed by atoms with Crippen molar-refractivity contribution in [3.63, 3.8) is 0 Å². The first kappa shape index (κ1) is 14.3. The molecule has 3 nitrogen and oxygen atoms in total. The molecule has 1 unspecified atom stereocenters. The predicted molar refractivity (Wildman–Crippen MR) is 88.4 cm³/mol. The lowest BCUT2D eigenvalue weighted by atomic mass is 10.0. The lowest BCUT2D eigenvalue weighted by Gasteiger charge is -2.17. The highest BCUT2D eigenvalue weighted by Crippen LogP contribution is 2.32. The Bertz CT molecular complexity index is 657. The predicted octanol–water partition coefficient (Wildman–Crippen LogP) is 4.57. The molecule has 2 aromatic carbocycles. The molecule has 1 N–H and O–H groups in total. The normalized spacial score (nSPS) is 14.2. The molecule has 2 aromatic rings. The molecule has 1 aliphatic rings. The highest BCUT2D eigenvalue weighted by molar-refractivity contribution is 9.10. The molecule has 0 saturated heterocycles. The summed E-state index contributed by atoms with van der Waals surface area (Å²) >= 11 is 3.47. The van der Waals surface area contributed by atoms with Gasteiger partial charge in [0.05, 0.1) is 18.2 Å². The van der Waals surface area contributed by atoms with Crippen molar-refractivity contribution in [2.24, 2.45) is 0 Å². The largest absolute Gasteiger partial charge is 0.495 e. The summed E-state index contributed by atoms with van der Waals surface area (Å²) in [6, 6.07) is 12.7. The first-order chi connectivity index (χ1) is 10.2. The number of rotatable bonds is 4. The molecule has 4 heteroatoms. The summed E-state index contributed by atoms with van der Waals surface area (Å²) in [5.74, 6) is 1.85. The van der Waals surface area contributed by atoms with Crippen LogP contribution in [0.5, 0.6) is 11.5 Å². The Hall–Kier alpha value is -1.68. The minimum atomic E-state index is 0.224. The van der Waals surface area contributed by atoms with Crippen LogP contribution in [0.4, 0.5) is 5.69 Å². The van der Waals surface area contributed by atoms with Gasteiger partial charge in [-0.3, -0.25) is 0 Å². The number of hydrogen-bond acceptors (Lipinski definition) is 3. The van der Waals surface area contributed by atoms with Crippen molar-refractivity contribution in [3.05, 3.63) is 52.0 Å². The molecule has 0 aromatic heterocycles. The molecule has 1 aliphatic heterocycles. The Morgan fingerprint density at radius 3 is 2.90 bits per heavy atom. The van der Waals surface area contributed by atoms with E-state index in [1.807, 2.05) is 18.2 Å². The molecule has 21 heavy (non-hydrogen) atoms. The van der Waals surface area contributed by atoms with E-state index in [4.69, 9.17) is 9.47 Å². The van der Waals surface area contributed by atoms with E-state index < -0.39 is 0 Å². The van der Waals surface area contributed by atoms with Crippen molar-refractivity contribution < 1.29 is 9.47 Å². The summed E-state index contributed by atoms with van der Waals surface area (Å²) in [4.78, 5) is 0. The first-order valence-corrected chi connectivity index (χ1v) is 7.82. The van der Waals surface area contributed by atoms with E-state index in [-0.39, 0.29) is 6.04 Å². The molecule has 0 radical (unpaired) electrons. The fraction of sp³-hybridized carbons (Fsp3) is 0.294. The Labute approximate surface area is 133 Å². The molecular formula is C17H18BrNO2. The van der Waals surface area contributed by atoms with Gasteiger partial charge in [-0.2, -0.15) is 0 Å². The topological polar surface area (TPSA) is 30.5 Å². The molecule has 0 spiro atoms. The van der Waals surface area contributed by atoms with Crippen molar-refractivity contribution in [1.29, 1.82) is 0 Å². The van der Waals surface area contributed by atoms with Gasteiger partial charge in [0, 0.05) is 24.2 Å². The monoisotopic (exact) mass is 347 g/mol. The number of benzene rings is 2. The number of hydrogen-bond donors (Lipinski definition) is 1. The SMILES string of the molecule is COc1cc(NC(C)c2ccc3c(c2)CCO3)ccc1Br. The number of halogens is 1. The number of fused-ring (bicyclic) bond motifs is 1. The standard InChI is InChI=1S/C17H18BrNO2/c1-11(12-3-6-16-13(9-12)7-8-21-16)19-14-4-5-15(18)17(10-14)20-2/h3-6,9-11,19H,7-8H2,1-2H3. The fourth-order valence-electron chi connectivity index (χ4n) is 2.56. The minimum Gasteiger partial charge on any atom is -0.495 e. The highest BCUT2D eigenvalue weighted by Gasteiger charge is 2.14. The van der Waals surface area contributed by atoms with Crippen molar-refractivity contribution >= 4 is 21.6 Å². The zero-order valence-corrected chi connectivity index (χ0v) is 13.7. The van der Waals surface area contributed by atoms with E-state index in [1.165, 1.54) is 11.1 Å². The van der Waals surface area contributed by atoms with E-state index in [0.717, 1.165) is 34.7 Å². The van der Waals surface area contributed by atoms with Crippen molar-refractivity contribution in [3.8, 4) is 11.5 Å². The summed E-state index contributed by atoms with van der Waals surface area (Å²) in [7, 11) is 1.67. The summed E-state index contributed by atoms with van der Waals surface area (Å²) in [6.07, 6.45) is 1.00. The van der Waals surface area contributed by atoms with Crippen LogP contribution in [0.1, 0.15) is 24.1 Å². The molecule has 0 bridgehead atoms. The molecule has 0 saturated carbocycles. The maximum absolute atomic E-state index is 5.55. The van der Waals surface area contributed by atoms with Gasteiger partial charge in [-0.25, -0.2) is 0 Å². The van der Waals surface area contributed by atoms with E-state index >= 15 is 0 Å². The lowest BCUT2D eigenvalue weighted by Crippen LogP contribution is -2.07. The van der Waals surface area contributed by atoms with Gasteiger partial charge >= 0.3 is 0 Å². The maximum Gasteiger partial charge on any atom is 0.135 e. The van der Waals surface area contributed by atoms with Crippen molar-refractivity contribution in [2.45, 2.75) is 19.4 Å². The van der Waals surface area contributed by atoms with Gasteiger partial charge < -0.3 is 14.8 Å². The molecule has 0 fully saturated rings. The van der Waals surface area contributed by atoms with Gasteiger partial charge in [0.15, 0.2) is 0 Å². The zero-order valence-electron chi connectivity index (χ0n) is 12.2. The van der Waals surface area contributed by atoms with Crippen LogP contribution < -0.4 is 14.8 Å². The summed E-state index contributed by atoms with van der Waals surface area (Å²) in [5, 5.41) is 3.51. The highest BCUT2D eigenvalue weighted by atomic mass is 79.9. The Morgan fingerprint density at radius 1 is 1.24 bits per heavy atom. The molecule has 0 aliphatic carbocycles. The van der Waals surface area contributed by atoms with Gasteiger partial charge in [0.25, 0.3) is 0 Å².